The molecule has 2 rings (SSSR count). The first-order chi connectivity index (χ1) is 7.22. The maximum absolute atomic E-state index is 9.82. The van der Waals surface area contributed by atoms with Crippen LogP contribution >= 0.6 is 0 Å². The molecular weight excluding hydrogens is 188 g/mol. The molecule has 0 aliphatic rings. The van der Waals surface area contributed by atoms with Crippen LogP contribution in [0, 0.1) is 0 Å². The first kappa shape index (κ1) is 10.2. The number of aliphatic hydroxyl groups excluding tert-OH is 1. The number of aliphatic hydroxyl groups is 1. The van der Waals surface area contributed by atoms with E-state index in [1.807, 2.05) is 36.0 Å². The molecule has 0 unspecified atom stereocenters. The van der Waals surface area contributed by atoms with Crippen molar-refractivity contribution in [1.29, 1.82) is 0 Å². The predicted octanol–water partition coefficient (Wildman–Crippen LogP) is 1.56. The monoisotopic (exact) mass is 204 g/mol. The predicted molar refractivity (Wildman–Crippen MR) is 61.6 cm³/mol. The normalized spacial score (nSPS) is 13.3. The van der Waals surface area contributed by atoms with E-state index in [0.29, 0.717) is 13.0 Å². The van der Waals surface area contributed by atoms with Crippen molar-refractivity contribution in [3.8, 4) is 0 Å². The molecule has 1 aromatic carbocycles. The van der Waals surface area contributed by atoms with Crippen molar-refractivity contribution >= 4 is 10.9 Å². The SMILES string of the molecule is Cn1ccc2ccc([C@@H](O)CCN)cc21. The zero-order chi connectivity index (χ0) is 10.8. The minimum absolute atomic E-state index is 0.450. The Balaban J connectivity index is 2.41. The fourth-order valence-corrected chi connectivity index (χ4v) is 1.81. The Labute approximate surface area is 89.1 Å². The second-order valence-corrected chi connectivity index (χ2v) is 3.84. The van der Waals surface area contributed by atoms with Gasteiger partial charge in [-0.15, -0.1) is 0 Å². The van der Waals surface area contributed by atoms with Crippen molar-refractivity contribution in [2.75, 3.05) is 6.54 Å². The summed E-state index contributed by atoms with van der Waals surface area (Å²) in [4.78, 5) is 0. The molecule has 1 heterocycles. The number of benzene rings is 1. The van der Waals surface area contributed by atoms with Crippen molar-refractivity contribution in [2.45, 2.75) is 12.5 Å². The topological polar surface area (TPSA) is 51.2 Å². The van der Waals surface area contributed by atoms with Crippen LogP contribution in [0.25, 0.3) is 10.9 Å². The van der Waals surface area contributed by atoms with Gasteiger partial charge in [-0.2, -0.15) is 0 Å². The van der Waals surface area contributed by atoms with E-state index in [2.05, 4.69) is 6.07 Å². The first-order valence-corrected chi connectivity index (χ1v) is 5.15. The Bertz CT molecular complexity index is 462. The third-order valence-corrected chi connectivity index (χ3v) is 2.74. The second kappa shape index (κ2) is 4.04. The van der Waals surface area contributed by atoms with Gasteiger partial charge in [0.15, 0.2) is 0 Å². The molecule has 0 saturated heterocycles. The fraction of sp³-hybridized carbons (Fsp3) is 0.333. The van der Waals surface area contributed by atoms with Gasteiger partial charge in [0.1, 0.15) is 0 Å². The standard InChI is InChI=1S/C12H16N2O/c1-14-7-5-9-2-3-10(8-11(9)14)12(15)4-6-13/h2-3,5,7-8,12,15H,4,6,13H2,1H3/t12-/m0/s1. The molecule has 0 radical (unpaired) electrons. The molecule has 3 nitrogen and oxygen atoms in total. The Morgan fingerprint density at radius 1 is 1.40 bits per heavy atom. The number of nitrogens with zero attached hydrogens (tertiary/aromatic N) is 1. The molecule has 1 aromatic heterocycles. The molecule has 0 amide bonds. The highest BCUT2D eigenvalue weighted by Crippen LogP contribution is 2.22. The minimum atomic E-state index is -0.450. The van der Waals surface area contributed by atoms with Gasteiger partial charge in [-0.05, 0) is 36.0 Å². The number of hydrogen-bond acceptors (Lipinski definition) is 2. The molecule has 0 spiro atoms. The molecule has 0 saturated carbocycles. The summed E-state index contributed by atoms with van der Waals surface area (Å²) in [7, 11) is 2.00. The molecule has 80 valence electrons. The van der Waals surface area contributed by atoms with Gasteiger partial charge in [-0.3, -0.25) is 0 Å². The van der Waals surface area contributed by atoms with Gasteiger partial charge in [0.25, 0.3) is 0 Å². The van der Waals surface area contributed by atoms with Crippen LogP contribution in [-0.4, -0.2) is 16.2 Å². The molecular formula is C12H16N2O. The highest BCUT2D eigenvalue weighted by atomic mass is 16.3. The molecule has 0 bridgehead atoms. The van der Waals surface area contributed by atoms with Gasteiger partial charge in [0.2, 0.25) is 0 Å². The van der Waals surface area contributed by atoms with Crippen molar-refractivity contribution in [3.63, 3.8) is 0 Å². The zero-order valence-corrected chi connectivity index (χ0v) is 8.85. The Kier molecular flexibility index (Phi) is 2.75. The summed E-state index contributed by atoms with van der Waals surface area (Å²) in [6.07, 6.45) is 2.17. The average Bonchev–Trinajstić information content (AvgIpc) is 2.60. The van der Waals surface area contributed by atoms with Crippen LogP contribution in [0.3, 0.4) is 0 Å². The van der Waals surface area contributed by atoms with Crippen LogP contribution in [0.1, 0.15) is 18.1 Å². The van der Waals surface area contributed by atoms with Crippen molar-refractivity contribution in [2.24, 2.45) is 12.8 Å². The third-order valence-electron chi connectivity index (χ3n) is 2.74. The van der Waals surface area contributed by atoms with E-state index in [4.69, 9.17) is 5.73 Å². The van der Waals surface area contributed by atoms with Gasteiger partial charge < -0.3 is 15.4 Å². The minimum Gasteiger partial charge on any atom is -0.388 e. The summed E-state index contributed by atoms with van der Waals surface area (Å²) in [6.45, 7) is 0.506. The van der Waals surface area contributed by atoms with Crippen LogP contribution in [0.2, 0.25) is 0 Å². The number of aryl methyl sites for hydroxylation is 1. The molecule has 0 aliphatic carbocycles. The summed E-state index contributed by atoms with van der Waals surface area (Å²) < 4.78 is 2.05. The van der Waals surface area contributed by atoms with Crippen LogP contribution in [0.4, 0.5) is 0 Å². The smallest absolute Gasteiger partial charge is 0.0802 e. The van der Waals surface area contributed by atoms with E-state index in [0.717, 1.165) is 11.1 Å². The molecule has 0 aliphatic heterocycles. The van der Waals surface area contributed by atoms with Crippen LogP contribution < -0.4 is 5.73 Å². The summed E-state index contributed by atoms with van der Waals surface area (Å²) in [6, 6.07) is 8.08. The van der Waals surface area contributed by atoms with Crippen LogP contribution in [0.15, 0.2) is 30.5 Å². The molecule has 3 heteroatoms. The number of nitrogens with two attached hydrogens (primary N) is 1. The maximum atomic E-state index is 9.82. The van der Waals surface area contributed by atoms with E-state index in [1.54, 1.807) is 0 Å². The highest BCUT2D eigenvalue weighted by molar-refractivity contribution is 5.80. The average molecular weight is 204 g/mol. The molecule has 0 fully saturated rings. The summed E-state index contributed by atoms with van der Waals surface area (Å²) in [5, 5.41) is 11.0. The zero-order valence-electron chi connectivity index (χ0n) is 8.85. The van der Waals surface area contributed by atoms with Crippen molar-refractivity contribution in [3.05, 3.63) is 36.0 Å². The number of fused-ring (bicyclic) bond motifs is 1. The van der Waals surface area contributed by atoms with E-state index in [1.165, 1.54) is 5.39 Å². The van der Waals surface area contributed by atoms with Crippen molar-refractivity contribution in [1.82, 2.24) is 4.57 Å². The lowest BCUT2D eigenvalue weighted by molar-refractivity contribution is 0.170. The van der Waals surface area contributed by atoms with Crippen molar-refractivity contribution < 1.29 is 5.11 Å². The van der Waals surface area contributed by atoms with Gasteiger partial charge in [-0.25, -0.2) is 0 Å². The lowest BCUT2D eigenvalue weighted by Gasteiger charge is -2.09. The largest absolute Gasteiger partial charge is 0.388 e. The van der Waals surface area contributed by atoms with E-state index in [-0.39, 0.29) is 0 Å². The van der Waals surface area contributed by atoms with E-state index >= 15 is 0 Å². The number of rotatable bonds is 3. The summed E-state index contributed by atoms with van der Waals surface area (Å²) in [5.41, 5.74) is 7.51. The van der Waals surface area contributed by atoms with E-state index < -0.39 is 6.10 Å². The van der Waals surface area contributed by atoms with Gasteiger partial charge >= 0.3 is 0 Å². The number of hydrogen-bond donors (Lipinski definition) is 2. The maximum Gasteiger partial charge on any atom is 0.0802 e. The number of aromatic nitrogens is 1. The lowest BCUT2D eigenvalue weighted by Crippen LogP contribution is -2.06. The first-order valence-electron chi connectivity index (χ1n) is 5.15. The van der Waals surface area contributed by atoms with Gasteiger partial charge in [0.05, 0.1) is 6.10 Å². The summed E-state index contributed by atoms with van der Waals surface area (Å²) >= 11 is 0. The molecule has 2 aromatic rings. The van der Waals surface area contributed by atoms with Gasteiger partial charge in [-0.1, -0.05) is 12.1 Å². The Morgan fingerprint density at radius 3 is 2.93 bits per heavy atom. The van der Waals surface area contributed by atoms with E-state index in [9.17, 15) is 5.11 Å². The lowest BCUT2D eigenvalue weighted by atomic mass is 10.1. The Morgan fingerprint density at radius 2 is 2.20 bits per heavy atom. The third kappa shape index (κ3) is 1.89. The highest BCUT2D eigenvalue weighted by Gasteiger charge is 2.07. The second-order valence-electron chi connectivity index (χ2n) is 3.84. The van der Waals surface area contributed by atoms with Crippen LogP contribution in [-0.2, 0) is 7.05 Å². The molecule has 3 N–H and O–H groups in total. The molecule has 15 heavy (non-hydrogen) atoms. The fourth-order valence-electron chi connectivity index (χ4n) is 1.81. The van der Waals surface area contributed by atoms with Gasteiger partial charge in [0, 0.05) is 18.8 Å². The Hall–Kier alpha value is -1.32. The molecule has 1 atom stereocenters. The van der Waals surface area contributed by atoms with Crippen LogP contribution in [0.5, 0.6) is 0 Å². The summed E-state index contributed by atoms with van der Waals surface area (Å²) in [5.74, 6) is 0. The quantitative estimate of drug-likeness (QED) is 0.797.